The van der Waals surface area contributed by atoms with E-state index in [0.29, 0.717) is 18.3 Å². The number of benzene rings is 1. The summed E-state index contributed by atoms with van der Waals surface area (Å²) in [6, 6.07) is 5.56. The standard InChI is InChI=1S/C14H16N4O3/c1-8-5-9(3-4-11(8)20-2)13-17-14(21-18-13)10-6-16-12(19)7-15-10/h3-5,10,15H,6-7H2,1-2H3,(H,16,19). The van der Waals surface area contributed by atoms with Gasteiger partial charge in [0.15, 0.2) is 0 Å². The molecule has 1 saturated heterocycles. The summed E-state index contributed by atoms with van der Waals surface area (Å²) in [6.07, 6.45) is 0. The number of hydrogen-bond donors (Lipinski definition) is 2. The Bertz CT molecular complexity index is 658. The van der Waals surface area contributed by atoms with E-state index < -0.39 is 0 Å². The van der Waals surface area contributed by atoms with Gasteiger partial charge in [-0.1, -0.05) is 5.16 Å². The molecule has 7 nitrogen and oxygen atoms in total. The fourth-order valence-electron chi connectivity index (χ4n) is 2.25. The van der Waals surface area contributed by atoms with Crippen molar-refractivity contribution < 1.29 is 14.1 Å². The summed E-state index contributed by atoms with van der Waals surface area (Å²) in [6.45, 7) is 2.66. The summed E-state index contributed by atoms with van der Waals surface area (Å²) >= 11 is 0. The summed E-state index contributed by atoms with van der Waals surface area (Å²) < 4.78 is 10.5. The van der Waals surface area contributed by atoms with Gasteiger partial charge in [-0.15, -0.1) is 0 Å². The van der Waals surface area contributed by atoms with E-state index in [1.165, 1.54) is 0 Å². The van der Waals surface area contributed by atoms with E-state index in [4.69, 9.17) is 9.26 Å². The highest BCUT2D eigenvalue weighted by molar-refractivity contribution is 5.78. The number of ether oxygens (including phenoxy) is 1. The quantitative estimate of drug-likeness (QED) is 0.869. The number of aromatic nitrogens is 2. The van der Waals surface area contributed by atoms with E-state index in [-0.39, 0.29) is 18.5 Å². The fourth-order valence-corrected chi connectivity index (χ4v) is 2.25. The first-order valence-electron chi connectivity index (χ1n) is 6.66. The molecule has 1 amide bonds. The first kappa shape index (κ1) is 13.6. The van der Waals surface area contributed by atoms with Crippen molar-refractivity contribution in [2.75, 3.05) is 20.2 Å². The molecule has 1 fully saturated rings. The van der Waals surface area contributed by atoms with Gasteiger partial charge in [0.05, 0.1) is 13.7 Å². The number of nitrogens with zero attached hydrogens (tertiary/aromatic N) is 2. The molecule has 1 unspecified atom stereocenters. The molecule has 2 heterocycles. The lowest BCUT2D eigenvalue weighted by Gasteiger charge is -2.20. The summed E-state index contributed by atoms with van der Waals surface area (Å²) in [5, 5.41) is 9.81. The van der Waals surface area contributed by atoms with E-state index in [1.807, 2.05) is 25.1 Å². The van der Waals surface area contributed by atoms with Crippen molar-refractivity contribution in [3.63, 3.8) is 0 Å². The second-order valence-corrected chi connectivity index (χ2v) is 4.88. The summed E-state index contributed by atoms with van der Waals surface area (Å²) in [5.74, 6) is 1.78. The Morgan fingerprint density at radius 3 is 2.95 bits per heavy atom. The second kappa shape index (κ2) is 5.53. The Kier molecular flexibility index (Phi) is 3.57. The Hall–Kier alpha value is -2.41. The van der Waals surface area contributed by atoms with Crippen LogP contribution in [-0.2, 0) is 4.79 Å². The molecule has 3 rings (SSSR count). The molecule has 110 valence electrons. The van der Waals surface area contributed by atoms with Crippen LogP contribution in [0.4, 0.5) is 0 Å². The fraction of sp³-hybridized carbons (Fsp3) is 0.357. The molecule has 0 saturated carbocycles. The molecule has 2 N–H and O–H groups in total. The summed E-state index contributed by atoms with van der Waals surface area (Å²) in [5.41, 5.74) is 1.87. The highest BCUT2D eigenvalue weighted by atomic mass is 16.5. The molecule has 1 atom stereocenters. The zero-order valence-corrected chi connectivity index (χ0v) is 11.8. The topological polar surface area (TPSA) is 89.3 Å². The predicted molar refractivity (Wildman–Crippen MR) is 74.8 cm³/mol. The van der Waals surface area contributed by atoms with Gasteiger partial charge in [-0.25, -0.2) is 0 Å². The SMILES string of the molecule is COc1ccc(-c2noc(C3CNC(=O)CN3)n2)cc1C. The number of methoxy groups -OCH3 is 1. The van der Waals surface area contributed by atoms with Crippen molar-refractivity contribution in [1.82, 2.24) is 20.8 Å². The minimum Gasteiger partial charge on any atom is -0.496 e. The maximum Gasteiger partial charge on any atom is 0.245 e. The van der Waals surface area contributed by atoms with Crippen LogP contribution < -0.4 is 15.4 Å². The number of aryl methyl sites for hydroxylation is 1. The van der Waals surface area contributed by atoms with Gasteiger partial charge in [-0.2, -0.15) is 4.98 Å². The minimum absolute atomic E-state index is 0.0308. The number of nitrogens with one attached hydrogen (secondary N) is 2. The van der Waals surface area contributed by atoms with Crippen molar-refractivity contribution in [3.8, 4) is 17.1 Å². The van der Waals surface area contributed by atoms with Crippen LogP contribution in [0.15, 0.2) is 22.7 Å². The van der Waals surface area contributed by atoms with E-state index in [2.05, 4.69) is 20.8 Å². The van der Waals surface area contributed by atoms with Gasteiger partial charge < -0.3 is 14.6 Å². The Labute approximate surface area is 121 Å². The van der Waals surface area contributed by atoms with Crippen molar-refractivity contribution in [2.45, 2.75) is 13.0 Å². The zero-order valence-electron chi connectivity index (χ0n) is 11.8. The normalized spacial score (nSPS) is 18.4. The first-order chi connectivity index (χ1) is 10.2. The van der Waals surface area contributed by atoms with Crippen LogP contribution in [0.3, 0.4) is 0 Å². The van der Waals surface area contributed by atoms with E-state index in [1.54, 1.807) is 7.11 Å². The predicted octanol–water partition coefficient (Wildman–Crippen LogP) is 0.814. The third kappa shape index (κ3) is 2.73. The minimum atomic E-state index is -0.150. The van der Waals surface area contributed by atoms with Crippen molar-refractivity contribution >= 4 is 5.91 Å². The molecule has 0 spiro atoms. The molecule has 2 aromatic rings. The van der Waals surface area contributed by atoms with Crippen molar-refractivity contribution in [2.24, 2.45) is 0 Å². The second-order valence-electron chi connectivity index (χ2n) is 4.88. The lowest BCUT2D eigenvalue weighted by molar-refractivity contribution is -0.121. The summed E-state index contributed by atoms with van der Waals surface area (Å²) in [7, 11) is 1.64. The smallest absolute Gasteiger partial charge is 0.245 e. The highest BCUT2D eigenvalue weighted by Crippen LogP contribution is 2.25. The van der Waals surface area contributed by atoms with Crippen LogP contribution in [-0.4, -0.2) is 36.2 Å². The average Bonchev–Trinajstić information content (AvgIpc) is 2.98. The Balaban J connectivity index is 1.81. The van der Waals surface area contributed by atoms with Gasteiger partial charge in [0, 0.05) is 12.1 Å². The average molecular weight is 288 g/mol. The van der Waals surface area contributed by atoms with Crippen LogP contribution in [0, 0.1) is 6.92 Å². The van der Waals surface area contributed by atoms with Gasteiger partial charge in [-0.3, -0.25) is 10.1 Å². The number of piperazine rings is 1. The van der Waals surface area contributed by atoms with Crippen LogP contribution >= 0.6 is 0 Å². The van der Waals surface area contributed by atoms with Gasteiger partial charge in [-0.05, 0) is 30.7 Å². The molecular weight excluding hydrogens is 272 g/mol. The van der Waals surface area contributed by atoms with Crippen LogP contribution in [0.25, 0.3) is 11.4 Å². The lowest BCUT2D eigenvalue weighted by atomic mass is 10.1. The van der Waals surface area contributed by atoms with E-state index in [0.717, 1.165) is 16.9 Å². The Morgan fingerprint density at radius 2 is 2.29 bits per heavy atom. The van der Waals surface area contributed by atoms with Crippen LogP contribution in [0.1, 0.15) is 17.5 Å². The van der Waals surface area contributed by atoms with E-state index in [9.17, 15) is 4.79 Å². The number of carbonyl (C=O) groups is 1. The maximum absolute atomic E-state index is 11.1. The zero-order chi connectivity index (χ0) is 14.8. The van der Waals surface area contributed by atoms with Crippen LogP contribution in [0.2, 0.25) is 0 Å². The molecular formula is C14H16N4O3. The number of carbonyl (C=O) groups excluding carboxylic acids is 1. The molecule has 0 radical (unpaired) electrons. The number of amides is 1. The van der Waals surface area contributed by atoms with Crippen molar-refractivity contribution in [1.29, 1.82) is 0 Å². The maximum atomic E-state index is 11.1. The number of hydrogen-bond acceptors (Lipinski definition) is 6. The first-order valence-corrected chi connectivity index (χ1v) is 6.66. The molecule has 21 heavy (non-hydrogen) atoms. The van der Waals surface area contributed by atoms with Gasteiger partial charge >= 0.3 is 0 Å². The molecule has 7 heteroatoms. The van der Waals surface area contributed by atoms with Gasteiger partial charge in [0.25, 0.3) is 0 Å². The number of rotatable bonds is 3. The largest absolute Gasteiger partial charge is 0.496 e. The highest BCUT2D eigenvalue weighted by Gasteiger charge is 2.24. The molecule has 1 aliphatic rings. The van der Waals surface area contributed by atoms with Gasteiger partial charge in [0.2, 0.25) is 17.6 Å². The lowest BCUT2D eigenvalue weighted by Crippen LogP contribution is -2.47. The van der Waals surface area contributed by atoms with Crippen LogP contribution in [0.5, 0.6) is 5.75 Å². The summed E-state index contributed by atoms with van der Waals surface area (Å²) in [4.78, 5) is 15.5. The molecule has 0 bridgehead atoms. The third-order valence-corrected chi connectivity index (χ3v) is 3.41. The molecule has 1 aliphatic heterocycles. The van der Waals surface area contributed by atoms with Gasteiger partial charge in [0.1, 0.15) is 11.8 Å². The molecule has 1 aromatic carbocycles. The molecule has 0 aliphatic carbocycles. The Morgan fingerprint density at radius 1 is 1.43 bits per heavy atom. The van der Waals surface area contributed by atoms with E-state index >= 15 is 0 Å². The third-order valence-electron chi connectivity index (χ3n) is 3.41. The van der Waals surface area contributed by atoms with Crippen molar-refractivity contribution in [3.05, 3.63) is 29.7 Å². The monoisotopic (exact) mass is 288 g/mol. The molecule has 1 aromatic heterocycles.